The van der Waals surface area contributed by atoms with Gasteiger partial charge in [-0.15, -0.1) is 0 Å². The molecule has 0 unspecified atom stereocenters. The third kappa shape index (κ3) is 2.48. The van der Waals surface area contributed by atoms with E-state index in [1.54, 1.807) is 6.20 Å². The minimum Gasteiger partial charge on any atom is -0.384 e. The monoisotopic (exact) mass is 205 g/mol. The molecule has 0 aromatic carbocycles. The van der Waals surface area contributed by atoms with Crippen LogP contribution in [0.5, 0.6) is 0 Å². The Kier molecular flexibility index (Phi) is 2.91. The van der Waals surface area contributed by atoms with Crippen molar-refractivity contribution in [1.82, 2.24) is 9.88 Å². The van der Waals surface area contributed by atoms with Crippen LogP contribution in [-0.2, 0) is 0 Å². The molecular formula is C12H19N3. The van der Waals surface area contributed by atoms with Crippen LogP contribution in [0.2, 0.25) is 0 Å². The van der Waals surface area contributed by atoms with Crippen molar-refractivity contribution < 1.29 is 0 Å². The lowest BCUT2D eigenvalue weighted by Gasteiger charge is -2.23. The first-order valence-electron chi connectivity index (χ1n) is 5.54. The number of anilines is 1. The lowest BCUT2D eigenvalue weighted by atomic mass is 10.1. The van der Waals surface area contributed by atoms with Crippen molar-refractivity contribution in [2.45, 2.75) is 24.8 Å². The van der Waals surface area contributed by atoms with E-state index < -0.39 is 0 Å². The maximum atomic E-state index is 4.08. The van der Waals surface area contributed by atoms with Crippen LogP contribution in [0, 0.1) is 0 Å². The summed E-state index contributed by atoms with van der Waals surface area (Å²) in [6, 6.07) is 4.02. The summed E-state index contributed by atoms with van der Waals surface area (Å²) in [6.07, 6.45) is 7.57. The zero-order valence-electron chi connectivity index (χ0n) is 9.53. The zero-order valence-corrected chi connectivity index (χ0v) is 9.53. The highest BCUT2D eigenvalue weighted by molar-refractivity contribution is 5.39. The molecule has 0 atom stereocenters. The Balaban J connectivity index is 1.76. The molecule has 0 amide bonds. The van der Waals surface area contributed by atoms with Crippen LogP contribution in [-0.4, -0.2) is 36.1 Å². The molecule has 0 saturated heterocycles. The highest BCUT2D eigenvalue weighted by Crippen LogP contribution is 2.42. The molecule has 1 saturated carbocycles. The predicted octanol–water partition coefficient (Wildman–Crippen LogP) is 1.98. The topological polar surface area (TPSA) is 28.2 Å². The molecule has 1 aromatic heterocycles. The van der Waals surface area contributed by atoms with Gasteiger partial charge in [0.15, 0.2) is 0 Å². The van der Waals surface area contributed by atoms with Crippen molar-refractivity contribution in [1.29, 1.82) is 0 Å². The normalized spacial score (nSPS) is 17.8. The molecule has 0 spiro atoms. The first kappa shape index (κ1) is 10.4. The lowest BCUT2D eigenvalue weighted by Crippen LogP contribution is -2.31. The van der Waals surface area contributed by atoms with Crippen molar-refractivity contribution in [3.63, 3.8) is 0 Å². The van der Waals surface area contributed by atoms with Gasteiger partial charge in [-0.25, -0.2) is 0 Å². The second-order valence-corrected chi connectivity index (χ2v) is 4.54. The van der Waals surface area contributed by atoms with Crippen LogP contribution in [0.1, 0.15) is 19.3 Å². The second-order valence-electron chi connectivity index (χ2n) is 4.54. The van der Waals surface area contributed by atoms with Gasteiger partial charge in [0.1, 0.15) is 0 Å². The molecule has 1 aliphatic rings. The number of nitrogens with one attached hydrogen (secondary N) is 1. The van der Waals surface area contributed by atoms with Gasteiger partial charge in [-0.1, -0.05) is 0 Å². The summed E-state index contributed by atoms with van der Waals surface area (Å²) in [5, 5.41) is 3.41. The van der Waals surface area contributed by atoms with Crippen LogP contribution in [0.15, 0.2) is 24.5 Å². The molecule has 82 valence electrons. The minimum atomic E-state index is 0.481. The van der Waals surface area contributed by atoms with Gasteiger partial charge in [-0.05, 0) is 45.5 Å². The van der Waals surface area contributed by atoms with Crippen molar-refractivity contribution in [3.8, 4) is 0 Å². The molecule has 3 nitrogen and oxygen atoms in total. The van der Waals surface area contributed by atoms with Gasteiger partial charge in [0.05, 0.1) is 5.69 Å². The molecule has 0 bridgehead atoms. The van der Waals surface area contributed by atoms with Crippen molar-refractivity contribution >= 4 is 5.69 Å². The maximum Gasteiger partial charge on any atom is 0.0526 e. The summed E-state index contributed by atoms with van der Waals surface area (Å²) in [4.78, 5) is 6.44. The summed E-state index contributed by atoms with van der Waals surface area (Å²) in [5.41, 5.74) is 1.60. The van der Waals surface area contributed by atoms with E-state index in [4.69, 9.17) is 0 Å². The third-order valence-corrected chi connectivity index (χ3v) is 3.36. The van der Waals surface area contributed by atoms with E-state index in [2.05, 4.69) is 35.4 Å². The fraction of sp³-hybridized carbons (Fsp3) is 0.583. The van der Waals surface area contributed by atoms with Crippen LogP contribution in [0.3, 0.4) is 0 Å². The quantitative estimate of drug-likeness (QED) is 0.796. The number of aromatic nitrogens is 1. The number of pyridine rings is 1. The van der Waals surface area contributed by atoms with E-state index in [9.17, 15) is 0 Å². The smallest absolute Gasteiger partial charge is 0.0526 e. The van der Waals surface area contributed by atoms with Gasteiger partial charge in [0, 0.05) is 24.5 Å². The van der Waals surface area contributed by atoms with E-state index in [-0.39, 0.29) is 0 Å². The Morgan fingerprint density at radius 2 is 2.27 bits per heavy atom. The Bertz CT molecular complexity index is 304. The van der Waals surface area contributed by atoms with E-state index in [1.807, 2.05) is 12.3 Å². The first-order valence-corrected chi connectivity index (χ1v) is 5.54. The van der Waals surface area contributed by atoms with Crippen molar-refractivity contribution in [2.75, 3.05) is 26.0 Å². The molecule has 3 heteroatoms. The molecular weight excluding hydrogens is 186 g/mol. The molecule has 1 aromatic rings. The number of hydrogen-bond donors (Lipinski definition) is 1. The molecule has 1 N–H and O–H groups in total. The fourth-order valence-corrected chi connectivity index (χ4v) is 1.97. The maximum absolute atomic E-state index is 4.08. The lowest BCUT2D eigenvalue weighted by molar-refractivity contribution is 0.261. The van der Waals surface area contributed by atoms with Crippen LogP contribution < -0.4 is 5.32 Å². The molecule has 0 radical (unpaired) electrons. The summed E-state index contributed by atoms with van der Waals surface area (Å²) >= 11 is 0. The Morgan fingerprint density at radius 1 is 1.47 bits per heavy atom. The van der Waals surface area contributed by atoms with Crippen LogP contribution >= 0.6 is 0 Å². The average Bonchev–Trinajstić information content (AvgIpc) is 3.01. The predicted molar refractivity (Wildman–Crippen MR) is 63.0 cm³/mol. The van der Waals surface area contributed by atoms with Crippen LogP contribution in [0.25, 0.3) is 0 Å². The Morgan fingerprint density at radius 3 is 2.80 bits per heavy atom. The zero-order chi connectivity index (χ0) is 10.7. The first-order chi connectivity index (χ1) is 7.23. The van der Waals surface area contributed by atoms with E-state index >= 15 is 0 Å². The number of rotatable bonds is 5. The van der Waals surface area contributed by atoms with E-state index in [1.165, 1.54) is 19.3 Å². The second kappa shape index (κ2) is 4.19. The third-order valence-electron chi connectivity index (χ3n) is 3.36. The summed E-state index contributed by atoms with van der Waals surface area (Å²) in [5.74, 6) is 0. The summed E-state index contributed by atoms with van der Waals surface area (Å²) < 4.78 is 0. The minimum absolute atomic E-state index is 0.481. The number of nitrogens with zero attached hydrogens (tertiary/aromatic N) is 2. The highest BCUT2D eigenvalue weighted by Gasteiger charge is 2.43. The molecule has 0 aliphatic heterocycles. The van der Waals surface area contributed by atoms with Gasteiger partial charge in [0.25, 0.3) is 0 Å². The van der Waals surface area contributed by atoms with E-state index in [0.717, 1.165) is 12.2 Å². The van der Waals surface area contributed by atoms with E-state index in [0.29, 0.717) is 5.54 Å². The highest BCUT2D eigenvalue weighted by atomic mass is 15.2. The summed E-state index contributed by atoms with van der Waals surface area (Å²) in [7, 11) is 4.36. The summed E-state index contributed by atoms with van der Waals surface area (Å²) in [6.45, 7) is 1.03. The van der Waals surface area contributed by atoms with Gasteiger partial charge in [0.2, 0.25) is 0 Å². The molecule has 1 heterocycles. The molecule has 1 aliphatic carbocycles. The largest absolute Gasteiger partial charge is 0.384 e. The van der Waals surface area contributed by atoms with Gasteiger partial charge in [-0.3, -0.25) is 4.98 Å². The van der Waals surface area contributed by atoms with Gasteiger partial charge < -0.3 is 10.2 Å². The molecule has 1 fully saturated rings. The van der Waals surface area contributed by atoms with Crippen LogP contribution in [0.4, 0.5) is 5.69 Å². The number of hydrogen-bond acceptors (Lipinski definition) is 3. The average molecular weight is 205 g/mol. The fourth-order valence-electron chi connectivity index (χ4n) is 1.97. The van der Waals surface area contributed by atoms with Crippen molar-refractivity contribution in [2.24, 2.45) is 0 Å². The van der Waals surface area contributed by atoms with Crippen molar-refractivity contribution in [3.05, 3.63) is 24.5 Å². The Labute approximate surface area is 91.5 Å². The molecule has 15 heavy (non-hydrogen) atoms. The SMILES string of the molecule is CN(C)C1(CCNc2cccnc2)CC1. The van der Waals surface area contributed by atoms with Gasteiger partial charge in [-0.2, -0.15) is 0 Å². The Hall–Kier alpha value is -1.09. The van der Waals surface area contributed by atoms with Gasteiger partial charge >= 0.3 is 0 Å². The standard InChI is InChI=1S/C12H19N3/c1-15(2)12(5-6-12)7-9-14-11-4-3-8-13-10-11/h3-4,8,10,14H,5-7,9H2,1-2H3. The molecule has 2 rings (SSSR count).